The van der Waals surface area contributed by atoms with Gasteiger partial charge in [0.1, 0.15) is 11.6 Å². The quantitative estimate of drug-likeness (QED) is 0.721. The van der Waals surface area contributed by atoms with Crippen molar-refractivity contribution >= 4 is 22.4 Å². The van der Waals surface area contributed by atoms with E-state index in [9.17, 15) is 18.3 Å². The number of alkyl halides is 3. The fourth-order valence-corrected chi connectivity index (χ4v) is 2.13. The van der Waals surface area contributed by atoms with Gasteiger partial charge in [-0.1, -0.05) is 12.1 Å². The van der Waals surface area contributed by atoms with E-state index in [0.29, 0.717) is 22.4 Å². The first-order valence-corrected chi connectivity index (χ1v) is 6.46. The zero-order valence-electron chi connectivity index (χ0n) is 11.2. The smallest absolute Gasteiger partial charge is 0.416 e. The summed E-state index contributed by atoms with van der Waals surface area (Å²) >= 11 is 0. The van der Waals surface area contributed by atoms with Crippen molar-refractivity contribution in [1.82, 2.24) is 4.98 Å². The maximum Gasteiger partial charge on any atom is 0.416 e. The third-order valence-electron chi connectivity index (χ3n) is 3.17. The minimum Gasteiger partial charge on any atom is -0.507 e. The van der Waals surface area contributed by atoms with Crippen LogP contribution in [0.3, 0.4) is 0 Å². The Hall–Kier alpha value is -2.76. The number of hydrogen-bond donors (Lipinski definition) is 2. The number of phenolic OH excluding ortho intramolecular Hbond substituents is 1. The number of nitrogens with zero attached hydrogens (tertiary/aromatic N) is 1. The summed E-state index contributed by atoms with van der Waals surface area (Å²) in [6.07, 6.45) is -4.39. The molecule has 22 heavy (non-hydrogen) atoms. The zero-order valence-corrected chi connectivity index (χ0v) is 11.2. The lowest BCUT2D eigenvalue weighted by atomic mass is 10.2. The summed E-state index contributed by atoms with van der Waals surface area (Å²) in [6.45, 7) is 0. The molecule has 0 saturated carbocycles. The summed E-state index contributed by atoms with van der Waals surface area (Å²) in [5, 5.41) is 13.1. The molecule has 1 heterocycles. The molecular formula is C16H11F3N2O. The molecule has 0 unspecified atom stereocenters. The summed E-state index contributed by atoms with van der Waals surface area (Å²) in [7, 11) is 0. The van der Waals surface area contributed by atoms with Crippen LogP contribution in [0.25, 0.3) is 10.9 Å². The highest BCUT2D eigenvalue weighted by Gasteiger charge is 2.30. The molecule has 0 atom stereocenters. The molecule has 3 rings (SSSR count). The molecule has 0 aliphatic rings. The second kappa shape index (κ2) is 5.22. The number of anilines is 2. The van der Waals surface area contributed by atoms with E-state index in [1.54, 1.807) is 30.3 Å². The summed E-state index contributed by atoms with van der Waals surface area (Å²) in [6, 6.07) is 13.1. The van der Waals surface area contributed by atoms with Gasteiger partial charge in [-0.25, -0.2) is 4.98 Å². The van der Waals surface area contributed by atoms with Gasteiger partial charge in [0.25, 0.3) is 0 Å². The lowest BCUT2D eigenvalue weighted by Gasteiger charge is -2.10. The first kappa shape index (κ1) is 14.2. The molecule has 0 aliphatic carbocycles. The largest absolute Gasteiger partial charge is 0.507 e. The van der Waals surface area contributed by atoms with Gasteiger partial charge < -0.3 is 10.4 Å². The summed E-state index contributed by atoms with van der Waals surface area (Å²) in [4.78, 5) is 4.27. The fourth-order valence-electron chi connectivity index (χ4n) is 2.13. The molecule has 3 nitrogen and oxygen atoms in total. The van der Waals surface area contributed by atoms with Crippen molar-refractivity contribution in [2.45, 2.75) is 6.18 Å². The van der Waals surface area contributed by atoms with E-state index >= 15 is 0 Å². The maximum absolute atomic E-state index is 12.7. The minimum atomic E-state index is -4.39. The van der Waals surface area contributed by atoms with Crippen LogP contribution < -0.4 is 5.32 Å². The van der Waals surface area contributed by atoms with Gasteiger partial charge in [-0.15, -0.1) is 0 Å². The molecule has 0 aliphatic heterocycles. The Morgan fingerprint density at radius 2 is 1.73 bits per heavy atom. The highest BCUT2D eigenvalue weighted by molar-refractivity contribution is 5.86. The average Bonchev–Trinajstić information content (AvgIpc) is 2.47. The number of nitrogens with one attached hydrogen (secondary N) is 1. The van der Waals surface area contributed by atoms with Crippen molar-refractivity contribution in [3.8, 4) is 5.75 Å². The van der Waals surface area contributed by atoms with Crippen molar-refractivity contribution in [3.05, 3.63) is 60.2 Å². The molecule has 0 amide bonds. The zero-order chi connectivity index (χ0) is 15.7. The monoisotopic (exact) mass is 304 g/mol. The molecule has 0 spiro atoms. The second-order valence-electron chi connectivity index (χ2n) is 4.74. The van der Waals surface area contributed by atoms with Crippen LogP contribution in [-0.2, 0) is 6.18 Å². The molecular weight excluding hydrogens is 293 g/mol. The third-order valence-corrected chi connectivity index (χ3v) is 3.17. The summed E-state index contributed by atoms with van der Waals surface area (Å²) in [5.74, 6) is 0.507. The Balaban J connectivity index is 1.93. The number of pyridine rings is 1. The number of fused-ring (bicyclic) bond motifs is 1. The van der Waals surface area contributed by atoms with E-state index in [1.807, 2.05) is 0 Å². The van der Waals surface area contributed by atoms with Crippen molar-refractivity contribution in [2.75, 3.05) is 5.32 Å². The lowest BCUT2D eigenvalue weighted by molar-refractivity contribution is -0.137. The summed E-state index contributed by atoms with van der Waals surface area (Å²) < 4.78 is 38.1. The predicted molar refractivity (Wildman–Crippen MR) is 78.1 cm³/mol. The normalized spacial score (nSPS) is 11.6. The van der Waals surface area contributed by atoms with E-state index in [2.05, 4.69) is 10.3 Å². The van der Waals surface area contributed by atoms with E-state index in [0.717, 1.165) is 12.1 Å². The van der Waals surface area contributed by atoms with Gasteiger partial charge in [-0.2, -0.15) is 13.2 Å². The van der Waals surface area contributed by atoms with Crippen LogP contribution in [0, 0.1) is 0 Å². The molecule has 2 aromatic carbocycles. The van der Waals surface area contributed by atoms with Crippen molar-refractivity contribution < 1.29 is 18.3 Å². The van der Waals surface area contributed by atoms with Gasteiger partial charge in [0.2, 0.25) is 0 Å². The van der Waals surface area contributed by atoms with E-state index in [-0.39, 0.29) is 5.75 Å². The van der Waals surface area contributed by atoms with E-state index in [4.69, 9.17) is 0 Å². The van der Waals surface area contributed by atoms with Crippen LogP contribution in [-0.4, -0.2) is 10.1 Å². The Bertz CT molecular complexity index is 831. The average molecular weight is 304 g/mol. The van der Waals surface area contributed by atoms with Gasteiger partial charge >= 0.3 is 6.18 Å². The van der Waals surface area contributed by atoms with Crippen LogP contribution >= 0.6 is 0 Å². The van der Waals surface area contributed by atoms with Gasteiger partial charge in [0, 0.05) is 11.1 Å². The molecule has 1 aromatic heterocycles. The molecule has 112 valence electrons. The van der Waals surface area contributed by atoms with E-state index < -0.39 is 11.7 Å². The van der Waals surface area contributed by atoms with Crippen LogP contribution in [0.1, 0.15) is 5.56 Å². The maximum atomic E-state index is 12.7. The number of phenols is 1. The Kier molecular flexibility index (Phi) is 3.36. The molecule has 0 bridgehead atoms. The van der Waals surface area contributed by atoms with Crippen molar-refractivity contribution in [2.24, 2.45) is 0 Å². The van der Waals surface area contributed by atoms with Crippen molar-refractivity contribution in [3.63, 3.8) is 0 Å². The highest BCUT2D eigenvalue weighted by atomic mass is 19.4. The SMILES string of the molecule is Oc1cccc2nc(Nc3cccc(C(F)(F)F)c3)ccc12. The third kappa shape index (κ3) is 2.81. The Labute approximate surface area is 124 Å². The van der Waals surface area contributed by atoms with Crippen LogP contribution in [0.4, 0.5) is 24.7 Å². The van der Waals surface area contributed by atoms with Gasteiger partial charge in [-0.3, -0.25) is 0 Å². The van der Waals surface area contributed by atoms with Crippen LogP contribution in [0.2, 0.25) is 0 Å². The summed E-state index contributed by atoms with van der Waals surface area (Å²) in [5.41, 5.74) is 0.120. The number of benzene rings is 2. The molecule has 0 saturated heterocycles. The molecule has 0 radical (unpaired) electrons. The Morgan fingerprint density at radius 1 is 0.955 bits per heavy atom. The highest BCUT2D eigenvalue weighted by Crippen LogP contribution is 2.31. The van der Waals surface area contributed by atoms with Crippen LogP contribution in [0.15, 0.2) is 54.6 Å². The fraction of sp³-hybridized carbons (Fsp3) is 0.0625. The number of halogens is 3. The standard InChI is InChI=1S/C16H11F3N2O/c17-16(18,19)10-3-1-4-11(9-10)20-15-8-7-12-13(21-15)5-2-6-14(12)22/h1-9,22H,(H,20,21). The predicted octanol–water partition coefficient (Wildman–Crippen LogP) is 4.70. The first-order valence-electron chi connectivity index (χ1n) is 6.46. The molecule has 6 heteroatoms. The number of aromatic nitrogens is 1. The lowest BCUT2D eigenvalue weighted by Crippen LogP contribution is -2.05. The molecule has 2 N–H and O–H groups in total. The number of rotatable bonds is 2. The van der Waals surface area contributed by atoms with Gasteiger partial charge in [0.05, 0.1) is 11.1 Å². The second-order valence-corrected chi connectivity index (χ2v) is 4.74. The van der Waals surface area contributed by atoms with Crippen molar-refractivity contribution in [1.29, 1.82) is 0 Å². The molecule has 0 fully saturated rings. The number of aromatic hydroxyl groups is 1. The molecule has 3 aromatic rings. The van der Waals surface area contributed by atoms with Crippen LogP contribution in [0.5, 0.6) is 5.75 Å². The van der Waals surface area contributed by atoms with E-state index in [1.165, 1.54) is 12.1 Å². The number of hydrogen-bond acceptors (Lipinski definition) is 3. The topological polar surface area (TPSA) is 45.2 Å². The van der Waals surface area contributed by atoms with Gasteiger partial charge in [-0.05, 0) is 42.5 Å². The Morgan fingerprint density at radius 3 is 2.50 bits per heavy atom. The van der Waals surface area contributed by atoms with Gasteiger partial charge in [0.15, 0.2) is 0 Å². The minimum absolute atomic E-state index is 0.107. The first-order chi connectivity index (χ1) is 10.4.